The van der Waals surface area contributed by atoms with Gasteiger partial charge in [0.1, 0.15) is 0 Å². The Morgan fingerprint density at radius 3 is 2.44 bits per heavy atom. The summed E-state index contributed by atoms with van der Waals surface area (Å²) in [5.74, 6) is 0.539. The summed E-state index contributed by atoms with van der Waals surface area (Å²) < 4.78 is 0. The lowest BCUT2D eigenvalue weighted by atomic mass is 9.91. The number of rotatable bonds is 5. The molecular formula is C11H22N2O3. The van der Waals surface area contributed by atoms with Crippen LogP contribution in [0.5, 0.6) is 0 Å². The Labute approximate surface area is 96.4 Å². The number of aliphatic hydroxyl groups is 2. The molecular weight excluding hydrogens is 208 g/mol. The topological polar surface area (TPSA) is 72.8 Å². The van der Waals surface area contributed by atoms with Gasteiger partial charge in [-0.1, -0.05) is 6.92 Å². The van der Waals surface area contributed by atoms with Crippen molar-refractivity contribution in [2.24, 2.45) is 11.8 Å². The van der Waals surface area contributed by atoms with Gasteiger partial charge >= 0.3 is 0 Å². The largest absolute Gasteiger partial charge is 0.395 e. The summed E-state index contributed by atoms with van der Waals surface area (Å²) >= 11 is 0. The van der Waals surface area contributed by atoms with Crippen molar-refractivity contribution >= 4 is 5.91 Å². The van der Waals surface area contributed by atoms with E-state index in [-0.39, 0.29) is 25.0 Å². The Kier molecular flexibility index (Phi) is 5.73. The first-order valence-corrected chi connectivity index (χ1v) is 5.90. The average molecular weight is 230 g/mol. The molecule has 0 aromatic rings. The van der Waals surface area contributed by atoms with Crippen LogP contribution in [0.1, 0.15) is 13.3 Å². The number of carbonyl (C=O) groups is 1. The quantitative estimate of drug-likeness (QED) is 0.569. The standard InChI is InChI=1S/C11H22N2O3/c1-9-6-10(8-12-7-9)11(16)13(2-4-14)3-5-15/h9-10,12,14-15H,2-8H2,1H3. The summed E-state index contributed by atoms with van der Waals surface area (Å²) in [6, 6.07) is 0. The fourth-order valence-electron chi connectivity index (χ4n) is 2.18. The normalized spacial score (nSPS) is 25.4. The number of nitrogens with one attached hydrogen (secondary N) is 1. The van der Waals surface area contributed by atoms with Gasteiger partial charge in [0, 0.05) is 19.6 Å². The molecule has 1 rings (SSSR count). The smallest absolute Gasteiger partial charge is 0.227 e. The van der Waals surface area contributed by atoms with E-state index in [0.29, 0.717) is 25.6 Å². The Hall–Kier alpha value is -0.650. The monoisotopic (exact) mass is 230 g/mol. The van der Waals surface area contributed by atoms with Crippen molar-refractivity contribution in [1.82, 2.24) is 10.2 Å². The van der Waals surface area contributed by atoms with Crippen molar-refractivity contribution in [3.63, 3.8) is 0 Å². The molecule has 5 heteroatoms. The molecule has 94 valence electrons. The van der Waals surface area contributed by atoms with E-state index in [9.17, 15) is 4.79 Å². The third-order valence-corrected chi connectivity index (χ3v) is 2.97. The minimum Gasteiger partial charge on any atom is -0.395 e. The zero-order chi connectivity index (χ0) is 12.0. The average Bonchev–Trinajstić information content (AvgIpc) is 2.28. The van der Waals surface area contributed by atoms with Crippen molar-refractivity contribution < 1.29 is 15.0 Å². The second-order valence-electron chi connectivity index (χ2n) is 4.47. The van der Waals surface area contributed by atoms with Crippen molar-refractivity contribution in [1.29, 1.82) is 0 Å². The maximum atomic E-state index is 12.1. The molecule has 3 N–H and O–H groups in total. The van der Waals surface area contributed by atoms with Gasteiger partial charge in [-0.2, -0.15) is 0 Å². The predicted octanol–water partition coefficient (Wildman–Crippen LogP) is -0.955. The highest BCUT2D eigenvalue weighted by Crippen LogP contribution is 2.17. The van der Waals surface area contributed by atoms with E-state index in [1.807, 2.05) is 0 Å². The van der Waals surface area contributed by atoms with Gasteiger partial charge in [-0.25, -0.2) is 0 Å². The van der Waals surface area contributed by atoms with E-state index >= 15 is 0 Å². The van der Waals surface area contributed by atoms with Gasteiger partial charge in [0.2, 0.25) is 5.91 Å². The predicted molar refractivity (Wildman–Crippen MR) is 60.9 cm³/mol. The molecule has 1 saturated heterocycles. The second-order valence-corrected chi connectivity index (χ2v) is 4.47. The first kappa shape index (κ1) is 13.4. The van der Waals surface area contributed by atoms with Crippen LogP contribution in [0, 0.1) is 11.8 Å². The minimum absolute atomic E-state index is 0.0122. The van der Waals surface area contributed by atoms with Gasteiger partial charge in [-0.05, 0) is 18.9 Å². The molecule has 0 aromatic heterocycles. The number of carbonyl (C=O) groups excluding carboxylic acids is 1. The third kappa shape index (κ3) is 3.73. The summed E-state index contributed by atoms with van der Waals surface area (Å²) in [7, 11) is 0. The molecule has 2 unspecified atom stereocenters. The molecule has 0 aromatic carbocycles. The van der Waals surface area contributed by atoms with E-state index < -0.39 is 0 Å². The number of amides is 1. The molecule has 1 fully saturated rings. The van der Waals surface area contributed by atoms with Gasteiger partial charge < -0.3 is 20.4 Å². The van der Waals surface area contributed by atoms with E-state index in [1.54, 1.807) is 4.90 Å². The van der Waals surface area contributed by atoms with E-state index in [4.69, 9.17) is 10.2 Å². The number of nitrogens with zero attached hydrogens (tertiary/aromatic N) is 1. The zero-order valence-electron chi connectivity index (χ0n) is 9.85. The van der Waals surface area contributed by atoms with E-state index in [0.717, 1.165) is 13.0 Å². The molecule has 0 radical (unpaired) electrons. The minimum atomic E-state index is -0.0541. The highest BCUT2D eigenvalue weighted by Gasteiger charge is 2.28. The molecule has 1 aliphatic rings. The van der Waals surface area contributed by atoms with Gasteiger partial charge in [0.25, 0.3) is 0 Å². The van der Waals surface area contributed by atoms with Crippen LogP contribution >= 0.6 is 0 Å². The Morgan fingerprint density at radius 1 is 1.31 bits per heavy atom. The first-order valence-electron chi connectivity index (χ1n) is 5.90. The number of hydrogen-bond acceptors (Lipinski definition) is 4. The Balaban J connectivity index is 2.51. The van der Waals surface area contributed by atoms with Crippen molar-refractivity contribution in [2.75, 3.05) is 39.4 Å². The molecule has 0 aliphatic carbocycles. The molecule has 0 saturated carbocycles. The number of piperidine rings is 1. The first-order chi connectivity index (χ1) is 7.69. The second kappa shape index (κ2) is 6.83. The fourth-order valence-corrected chi connectivity index (χ4v) is 2.18. The van der Waals surface area contributed by atoms with Gasteiger partial charge in [-0.15, -0.1) is 0 Å². The lowest BCUT2D eigenvalue weighted by molar-refractivity contribution is -0.137. The summed E-state index contributed by atoms with van der Waals surface area (Å²) in [5, 5.41) is 21.0. The van der Waals surface area contributed by atoms with Crippen LogP contribution in [0.3, 0.4) is 0 Å². The molecule has 5 nitrogen and oxygen atoms in total. The van der Waals surface area contributed by atoms with Crippen molar-refractivity contribution in [3.05, 3.63) is 0 Å². The maximum absolute atomic E-state index is 12.1. The lowest BCUT2D eigenvalue weighted by Crippen LogP contribution is -2.46. The summed E-state index contributed by atoms with van der Waals surface area (Å²) in [4.78, 5) is 13.6. The van der Waals surface area contributed by atoms with Crippen LogP contribution in [0.15, 0.2) is 0 Å². The maximum Gasteiger partial charge on any atom is 0.227 e. The fraction of sp³-hybridized carbons (Fsp3) is 0.909. The van der Waals surface area contributed by atoms with Gasteiger partial charge in [0.15, 0.2) is 0 Å². The molecule has 1 aliphatic heterocycles. The highest BCUT2D eigenvalue weighted by atomic mass is 16.3. The van der Waals surface area contributed by atoms with Crippen LogP contribution in [-0.4, -0.2) is 60.4 Å². The summed E-state index contributed by atoms with van der Waals surface area (Å²) in [6.07, 6.45) is 0.888. The molecule has 0 spiro atoms. The molecule has 0 bridgehead atoms. The van der Waals surface area contributed by atoms with Crippen LogP contribution in [0.25, 0.3) is 0 Å². The molecule has 1 heterocycles. The zero-order valence-corrected chi connectivity index (χ0v) is 9.85. The van der Waals surface area contributed by atoms with Crippen LogP contribution < -0.4 is 5.32 Å². The lowest BCUT2D eigenvalue weighted by Gasteiger charge is -2.31. The van der Waals surface area contributed by atoms with E-state index in [2.05, 4.69) is 12.2 Å². The van der Waals surface area contributed by atoms with Crippen molar-refractivity contribution in [2.45, 2.75) is 13.3 Å². The molecule has 2 atom stereocenters. The van der Waals surface area contributed by atoms with Crippen LogP contribution in [0.2, 0.25) is 0 Å². The SMILES string of the molecule is CC1CNCC(C(=O)N(CCO)CCO)C1. The number of hydrogen-bond donors (Lipinski definition) is 3. The molecule has 16 heavy (non-hydrogen) atoms. The summed E-state index contributed by atoms with van der Waals surface area (Å²) in [6.45, 7) is 4.30. The van der Waals surface area contributed by atoms with Gasteiger partial charge in [0.05, 0.1) is 19.1 Å². The molecule has 1 amide bonds. The number of aliphatic hydroxyl groups excluding tert-OH is 2. The Morgan fingerprint density at radius 2 is 1.94 bits per heavy atom. The van der Waals surface area contributed by atoms with E-state index in [1.165, 1.54) is 0 Å². The van der Waals surface area contributed by atoms with Crippen LogP contribution in [-0.2, 0) is 4.79 Å². The van der Waals surface area contributed by atoms with Gasteiger partial charge in [-0.3, -0.25) is 4.79 Å². The van der Waals surface area contributed by atoms with Crippen molar-refractivity contribution in [3.8, 4) is 0 Å². The Bertz CT molecular complexity index is 211. The third-order valence-electron chi connectivity index (χ3n) is 2.97. The highest BCUT2D eigenvalue weighted by molar-refractivity contribution is 5.79. The summed E-state index contributed by atoms with van der Waals surface area (Å²) in [5.41, 5.74) is 0. The van der Waals surface area contributed by atoms with Crippen LogP contribution in [0.4, 0.5) is 0 Å².